The second-order valence-electron chi connectivity index (χ2n) is 3.89. The minimum absolute atomic E-state index is 0.661. The highest BCUT2D eigenvalue weighted by Crippen LogP contribution is 2.39. The van der Waals surface area contributed by atoms with E-state index in [4.69, 9.17) is 0 Å². The van der Waals surface area contributed by atoms with Gasteiger partial charge in [0.1, 0.15) is 10.4 Å². The molecule has 0 amide bonds. The van der Waals surface area contributed by atoms with Crippen LogP contribution in [0.3, 0.4) is 0 Å². The van der Waals surface area contributed by atoms with Crippen molar-refractivity contribution in [3.63, 3.8) is 0 Å². The van der Waals surface area contributed by atoms with Gasteiger partial charge >= 0.3 is 0 Å². The maximum absolute atomic E-state index is 4.56. The lowest BCUT2D eigenvalue weighted by Gasteiger charge is -1.95. The maximum Gasteiger partial charge on any atom is 0.233 e. The molecule has 3 rings (SSSR count). The first kappa shape index (κ1) is 8.47. The Labute approximate surface area is 90.1 Å². The summed E-state index contributed by atoms with van der Waals surface area (Å²) in [6.07, 6.45) is 2.54. The summed E-state index contributed by atoms with van der Waals surface area (Å²) < 4.78 is 4.94. The Balaban J connectivity index is 2.31. The van der Waals surface area contributed by atoms with Gasteiger partial charge < -0.3 is 0 Å². The standard InChI is InChI=1S/C9H11BrN4/c1-5-7(10)14-9(11-5)13(2)8(12-14)6-3-4-6/h6H,3-4H2,1-2H3. The van der Waals surface area contributed by atoms with E-state index in [0.717, 1.165) is 21.9 Å². The quantitative estimate of drug-likeness (QED) is 0.781. The van der Waals surface area contributed by atoms with Crippen molar-refractivity contribution in [2.75, 3.05) is 0 Å². The number of hydrogen-bond acceptors (Lipinski definition) is 2. The highest BCUT2D eigenvalue weighted by Gasteiger charge is 2.30. The van der Waals surface area contributed by atoms with E-state index < -0.39 is 0 Å². The Kier molecular flexibility index (Phi) is 1.57. The molecule has 2 aromatic rings. The summed E-state index contributed by atoms with van der Waals surface area (Å²) in [6.45, 7) is 1.98. The fraction of sp³-hybridized carbons (Fsp3) is 0.556. The molecule has 0 bridgehead atoms. The molecule has 74 valence electrons. The van der Waals surface area contributed by atoms with Gasteiger partial charge in [0.25, 0.3) is 0 Å². The number of aryl methyl sites for hydroxylation is 2. The largest absolute Gasteiger partial charge is 0.300 e. The van der Waals surface area contributed by atoms with Crippen LogP contribution in [0.2, 0.25) is 0 Å². The van der Waals surface area contributed by atoms with Gasteiger partial charge in [0, 0.05) is 13.0 Å². The number of imidazole rings is 1. The summed E-state index contributed by atoms with van der Waals surface area (Å²) in [6, 6.07) is 0. The van der Waals surface area contributed by atoms with E-state index in [1.165, 1.54) is 12.8 Å². The zero-order chi connectivity index (χ0) is 9.87. The number of nitrogens with zero attached hydrogens (tertiary/aromatic N) is 4. The number of aromatic nitrogens is 4. The molecule has 0 aliphatic heterocycles. The molecule has 1 aliphatic carbocycles. The third-order valence-electron chi connectivity index (χ3n) is 2.73. The van der Waals surface area contributed by atoms with E-state index in [2.05, 4.69) is 30.6 Å². The molecule has 4 nitrogen and oxygen atoms in total. The Hall–Kier alpha value is -0.840. The average Bonchev–Trinajstić information content (AvgIpc) is 2.89. The van der Waals surface area contributed by atoms with Crippen LogP contribution in [0.1, 0.15) is 30.3 Å². The molecule has 0 atom stereocenters. The normalized spacial score (nSPS) is 16.8. The van der Waals surface area contributed by atoms with Crippen molar-refractivity contribution in [2.24, 2.45) is 7.05 Å². The maximum atomic E-state index is 4.56. The van der Waals surface area contributed by atoms with Gasteiger partial charge in [-0.15, -0.1) is 0 Å². The minimum atomic E-state index is 0.661. The third kappa shape index (κ3) is 0.987. The summed E-state index contributed by atoms with van der Waals surface area (Å²) in [5.74, 6) is 2.75. The van der Waals surface area contributed by atoms with Crippen molar-refractivity contribution in [3.8, 4) is 0 Å². The van der Waals surface area contributed by atoms with Crippen molar-refractivity contribution in [1.82, 2.24) is 19.2 Å². The van der Waals surface area contributed by atoms with Gasteiger partial charge in [-0.2, -0.15) is 9.61 Å². The number of rotatable bonds is 1. The van der Waals surface area contributed by atoms with E-state index in [9.17, 15) is 0 Å². The van der Waals surface area contributed by atoms with E-state index in [0.29, 0.717) is 5.92 Å². The highest BCUT2D eigenvalue weighted by molar-refractivity contribution is 9.10. The second kappa shape index (κ2) is 2.59. The summed E-state index contributed by atoms with van der Waals surface area (Å²) in [7, 11) is 2.04. The lowest BCUT2D eigenvalue weighted by molar-refractivity contribution is 0.795. The van der Waals surface area contributed by atoms with Gasteiger partial charge in [0.2, 0.25) is 5.78 Å². The smallest absolute Gasteiger partial charge is 0.233 e. The van der Waals surface area contributed by atoms with Crippen LogP contribution in [-0.2, 0) is 7.05 Å². The lowest BCUT2D eigenvalue weighted by Crippen LogP contribution is -1.96. The van der Waals surface area contributed by atoms with Crippen LogP contribution in [0, 0.1) is 6.92 Å². The monoisotopic (exact) mass is 254 g/mol. The first-order chi connectivity index (χ1) is 6.68. The van der Waals surface area contributed by atoms with Gasteiger partial charge in [-0.25, -0.2) is 4.98 Å². The molecule has 0 unspecified atom stereocenters. The molecule has 0 radical (unpaired) electrons. The average molecular weight is 255 g/mol. The summed E-state index contributed by atoms with van der Waals surface area (Å²) in [5.41, 5.74) is 0.991. The predicted molar refractivity (Wildman–Crippen MR) is 56.4 cm³/mol. The van der Waals surface area contributed by atoms with E-state index in [-0.39, 0.29) is 0 Å². The summed E-state index contributed by atoms with van der Waals surface area (Å²) in [5, 5.41) is 4.56. The van der Waals surface area contributed by atoms with Crippen LogP contribution < -0.4 is 0 Å². The van der Waals surface area contributed by atoms with Crippen molar-refractivity contribution < 1.29 is 0 Å². The number of halogens is 1. The van der Waals surface area contributed by atoms with Gasteiger partial charge in [-0.3, -0.25) is 4.57 Å². The van der Waals surface area contributed by atoms with Crippen LogP contribution in [0.25, 0.3) is 5.78 Å². The predicted octanol–water partition coefficient (Wildman–Crippen LogP) is 2.02. The van der Waals surface area contributed by atoms with Crippen LogP contribution in [0.15, 0.2) is 4.60 Å². The SMILES string of the molecule is Cc1nc2n(C)c(C3CC3)nn2c1Br. The molecule has 2 aromatic heterocycles. The molecular weight excluding hydrogens is 244 g/mol. The van der Waals surface area contributed by atoms with Crippen molar-refractivity contribution in [1.29, 1.82) is 0 Å². The molecule has 0 N–H and O–H groups in total. The minimum Gasteiger partial charge on any atom is -0.300 e. The van der Waals surface area contributed by atoms with Crippen molar-refractivity contribution in [2.45, 2.75) is 25.7 Å². The fourth-order valence-corrected chi connectivity index (χ4v) is 2.09. The van der Waals surface area contributed by atoms with Crippen molar-refractivity contribution >= 4 is 21.7 Å². The Morgan fingerprint density at radius 1 is 1.43 bits per heavy atom. The van der Waals surface area contributed by atoms with Crippen LogP contribution >= 0.6 is 15.9 Å². The first-order valence-corrected chi connectivity index (χ1v) is 5.55. The Morgan fingerprint density at radius 3 is 2.71 bits per heavy atom. The molecular formula is C9H11BrN4. The van der Waals surface area contributed by atoms with Crippen LogP contribution in [-0.4, -0.2) is 19.2 Å². The molecule has 1 saturated carbocycles. The van der Waals surface area contributed by atoms with Crippen LogP contribution in [0.4, 0.5) is 0 Å². The summed E-state index contributed by atoms with van der Waals surface area (Å²) >= 11 is 3.49. The molecule has 0 spiro atoms. The molecule has 1 aliphatic rings. The fourth-order valence-electron chi connectivity index (χ4n) is 1.76. The second-order valence-corrected chi connectivity index (χ2v) is 4.64. The zero-order valence-corrected chi connectivity index (χ0v) is 9.74. The van der Waals surface area contributed by atoms with Crippen LogP contribution in [0.5, 0.6) is 0 Å². The van der Waals surface area contributed by atoms with Gasteiger partial charge in [0.05, 0.1) is 5.69 Å². The van der Waals surface area contributed by atoms with Gasteiger partial charge in [-0.1, -0.05) is 0 Å². The topological polar surface area (TPSA) is 35.1 Å². The molecule has 0 saturated heterocycles. The molecule has 14 heavy (non-hydrogen) atoms. The molecule has 1 fully saturated rings. The highest BCUT2D eigenvalue weighted by atomic mass is 79.9. The first-order valence-electron chi connectivity index (χ1n) is 4.76. The Morgan fingerprint density at radius 2 is 2.14 bits per heavy atom. The van der Waals surface area contributed by atoms with E-state index in [1.54, 1.807) is 0 Å². The third-order valence-corrected chi connectivity index (χ3v) is 3.64. The molecule has 2 heterocycles. The van der Waals surface area contributed by atoms with E-state index in [1.807, 2.05) is 18.5 Å². The van der Waals surface area contributed by atoms with Gasteiger partial charge in [-0.05, 0) is 35.7 Å². The number of fused-ring (bicyclic) bond motifs is 1. The van der Waals surface area contributed by atoms with Crippen molar-refractivity contribution in [3.05, 3.63) is 16.1 Å². The zero-order valence-electron chi connectivity index (χ0n) is 8.16. The summed E-state index contributed by atoms with van der Waals surface area (Å²) in [4.78, 5) is 4.46. The molecule has 5 heteroatoms. The molecule has 0 aromatic carbocycles. The van der Waals surface area contributed by atoms with E-state index >= 15 is 0 Å². The Bertz CT molecular complexity index is 506. The van der Waals surface area contributed by atoms with Gasteiger partial charge in [0.15, 0.2) is 0 Å². The lowest BCUT2D eigenvalue weighted by atomic mass is 10.4. The number of hydrogen-bond donors (Lipinski definition) is 0.